The van der Waals surface area contributed by atoms with Crippen LogP contribution in [0.15, 0.2) is 24.3 Å². The summed E-state index contributed by atoms with van der Waals surface area (Å²) in [5.74, 6) is 0.148. The SMILES string of the molecule is COc1ccccc1OCC(C)CNC(=O)N1CCC(C(=O)O)C1. The van der Waals surface area contributed by atoms with Gasteiger partial charge in [0.1, 0.15) is 0 Å². The van der Waals surface area contributed by atoms with E-state index in [1.807, 2.05) is 31.2 Å². The molecular formula is C17H24N2O5. The predicted molar refractivity (Wildman–Crippen MR) is 88.4 cm³/mol. The second-order valence-electron chi connectivity index (χ2n) is 6.02. The molecule has 0 radical (unpaired) electrons. The lowest BCUT2D eigenvalue weighted by Crippen LogP contribution is -2.41. The maximum absolute atomic E-state index is 12.1. The van der Waals surface area contributed by atoms with Crippen molar-refractivity contribution in [2.24, 2.45) is 11.8 Å². The monoisotopic (exact) mass is 336 g/mol. The van der Waals surface area contributed by atoms with Crippen molar-refractivity contribution in [2.45, 2.75) is 13.3 Å². The first-order valence-corrected chi connectivity index (χ1v) is 8.02. The Balaban J connectivity index is 1.72. The molecule has 2 unspecified atom stereocenters. The third kappa shape index (κ3) is 4.78. The van der Waals surface area contributed by atoms with Gasteiger partial charge in [-0.25, -0.2) is 4.79 Å². The second kappa shape index (κ2) is 8.42. The molecule has 0 aromatic heterocycles. The lowest BCUT2D eigenvalue weighted by Gasteiger charge is -2.19. The van der Waals surface area contributed by atoms with E-state index < -0.39 is 11.9 Å². The number of urea groups is 1. The summed E-state index contributed by atoms with van der Waals surface area (Å²) in [6.45, 7) is 3.63. The van der Waals surface area contributed by atoms with Gasteiger partial charge in [0.2, 0.25) is 0 Å². The average molecular weight is 336 g/mol. The molecule has 0 aliphatic carbocycles. The number of nitrogens with zero attached hydrogens (tertiary/aromatic N) is 1. The minimum absolute atomic E-state index is 0.108. The Morgan fingerprint density at radius 1 is 1.38 bits per heavy atom. The van der Waals surface area contributed by atoms with Gasteiger partial charge in [0.15, 0.2) is 11.5 Å². The van der Waals surface area contributed by atoms with Crippen LogP contribution in [0, 0.1) is 11.8 Å². The summed E-state index contributed by atoms with van der Waals surface area (Å²) < 4.78 is 11.0. The zero-order chi connectivity index (χ0) is 17.5. The Hall–Kier alpha value is -2.44. The number of amides is 2. The van der Waals surface area contributed by atoms with E-state index in [-0.39, 0.29) is 18.5 Å². The molecule has 7 nitrogen and oxygen atoms in total. The average Bonchev–Trinajstić information content (AvgIpc) is 3.08. The Labute approximate surface area is 141 Å². The first-order valence-electron chi connectivity index (χ1n) is 8.02. The van der Waals surface area contributed by atoms with Crippen LogP contribution in [-0.2, 0) is 4.79 Å². The molecule has 2 N–H and O–H groups in total. The summed E-state index contributed by atoms with van der Waals surface area (Å²) in [7, 11) is 1.59. The van der Waals surface area contributed by atoms with Crippen molar-refractivity contribution in [2.75, 3.05) is 33.4 Å². The third-order valence-corrected chi connectivity index (χ3v) is 4.02. The van der Waals surface area contributed by atoms with Crippen molar-refractivity contribution in [1.82, 2.24) is 10.2 Å². The third-order valence-electron chi connectivity index (χ3n) is 4.02. The molecular weight excluding hydrogens is 312 g/mol. The molecule has 1 aromatic carbocycles. The van der Waals surface area contributed by atoms with E-state index in [9.17, 15) is 9.59 Å². The minimum atomic E-state index is -0.844. The van der Waals surface area contributed by atoms with Gasteiger partial charge in [-0.15, -0.1) is 0 Å². The Morgan fingerprint density at radius 3 is 2.71 bits per heavy atom. The number of likely N-dealkylation sites (tertiary alicyclic amines) is 1. The number of para-hydroxylation sites is 2. The number of hydrogen-bond donors (Lipinski definition) is 2. The summed E-state index contributed by atoms with van der Waals surface area (Å²) in [6.07, 6.45) is 0.509. The number of methoxy groups -OCH3 is 1. The first-order chi connectivity index (χ1) is 11.5. The van der Waals surface area contributed by atoms with Crippen molar-refractivity contribution >= 4 is 12.0 Å². The maximum Gasteiger partial charge on any atom is 0.317 e. The van der Waals surface area contributed by atoms with Crippen molar-refractivity contribution in [3.63, 3.8) is 0 Å². The van der Waals surface area contributed by atoms with Crippen LogP contribution in [0.2, 0.25) is 0 Å². The van der Waals surface area contributed by atoms with Crippen molar-refractivity contribution < 1.29 is 24.2 Å². The zero-order valence-electron chi connectivity index (χ0n) is 14.0. The van der Waals surface area contributed by atoms with Crippen molar-refractivity contribution in [1.29, 1.82) is 0 Å². The molecule has 1 saturated heterocycles. The molecule has 7 heteroatoms. The van der Waals surface area contributed by atoms with Gasteiger partial charge in [-0.2, -0.15) is 0 Å². The highest BCUT2D eigenvalue weighted by atomic mass is 16.5. The number of aliphatic carboxylic acids is 1. The number of rotatable bonds is 7. The van der Waals surface area contributed by atoms with Gasteiger partial charge in [-0.3, -0.25) is 4.79 Å². The summed E-state index contributed by atoms with van der Waals surface area (Å²) in [6, 6.07) is 7.18. The fraction of sp³-hybridized carbons (Fsp3) is 0.529. The van der Waals surface area contributed by atoms with E-state index in [4.69, 9.17) is 14.6 Å². The van der Waals surface area contributed by atoms with Gasteiger partial charge in [0.05, 0.1) is 19.6 Å². The zero-order valence-corrected chi connectivity index (χ0v) is 14.0. The molecule has 1 aromatic rings. The van der Waals surface area contributed by atoms with Crippen molar-refractivity contribution in [3.05, 3.63) is 24.3 Å². The minimum Gasteiger partial charge on any atom is -0.493 e. The molecule has 0 bridgehead atoms. The molecule has 132 valence electrons. The summed E-state index contributed by atoms with van der Waals surface area (Å²) >= 11 is 0. The molecule has 1 fully saturated rings. The highest BCUT2D eigenvalue weighted by Crippen LogP contribution is 2.26. The number of hydrogen-bond acceptors (Lipinski definition) is 4. The number of carbonyl (C=O) groups is 2. The van der Waals surface area contributed by atoms with Gasteiger partial charge in [-0.1, -0.05) is 19.1 Å². The summed E-state index contributed by atoms with van der Waals surface area (Å²) in [5.41, 5.74) is 0. The lowest BCUT2D eigenvalue weighted by atomic mass is 10.1. The fourth-order valence-corrected chi connectivity index (χ4v) is 2.55. The van der Waals surface area contributed by atoms with Crippen LogP contribution in [0.5, 0.6) is 11.5 Å². The van der Waals surface area contributed by atoms with E-state index in [0.29, 0.717) is 37.6 Å². The van der Waals surface area contributed by atoms with Crippen LogP contribution < -0.4 is 14.8 Å². The maximum atomic E-state index is 12.1. The van der Waals surface area contributed by atoms with Gasteiger partial charge in [0.25, 0.3) is 0 Å². The van der Waals surface area contributed by atoms with Gasteiger partial charge in [0, 0.05) is 25.6 Å². The largest absolute Gasteiger partial charge is 0.493 e. The molecule has 24 heavy (non-hydrogen) atoms. The number of benzene rings is 1. The number of ether oxygens (including phenoxy) is 2. The quantitative estimate of drug-likeness (QED) is 0.793. The Bertz CT molecular complexity index is 578. The van der Waals surface area contributed by atoms with Crippen LogP contribution in [0.25, 0.3) is 0 Å². The number of nitrogens with one attached hydrogen (secondary N) is 1. The highest BCUT2D eigenvalue weighted by molar-refractivity contribution is 5.77. The molecule has 1 aliphatic heterocycles. The molecule has 0 spiro atoms. The summed E-state index contributed by atoms with van der Waals surface area (Å²) in [5, 5.41) is 11.8. The van der Waals surface area contributed by atoms with Crippen LogP contribution in [0.1, 0.15) is 13.3 Å². The van der Waals surface area contributed by atoms with E-state index in [1.54, 1.807) is 12.0 Å². The van der Waals surface area contributed by atoms with Crippen LogP contribution in [0.4, 0.5) is 4.79 Å². The molecule has 2 atom stereocenters. The first kappa shape index (κ1) is 17.9. The molecule has 1 heterocycles. The van der Waals surface area contributed by atoms with Gasteiger partial charge in [-0.05, 0) is 18.6 Å². The molecule has 1 aliphatic rings. The van der Waals surface area contributed by atoms with E-state index in [1.165, 1.54) is 0 Å². The lowest BCUT2D eigenvalue weighted by molar-refractivity contribution is -0.141. The van der Waals surface area contributed by atoms with Gasteiger partial charge >= 0.3 is 12.0 Å². The standard InChI is InChI=1S/C17H24N2O5/c1-12(11-24-15-6-4-3-5-14(15)23-2)9-18-17(22)19-8-7-13(10-19)16(20)21/h3-6,12-13H,7-11H2,1-2H3,(H,18,22)(H,20,21). The normalized spacial score (nSPS) is 18.1. The smallest absolute Gasteiger partial charge is 0.317 e. The molecule has 2 amide bonds. The number of carboxylic acids is 1. The van der Waals surface area contributed by atoms with Crippen LogP contribution in [0.3, 0.4) is 0 Å². The highest BCUT2D eigenvalue weighted by Gasteiger charge is 2.30. The van der Waals surface area contributed by atoms with E-state index in [0.717, 1.165) is 0 Å². The Kier molecular flexibility index (Phi) is 6.28. The second-order valence-corrected chi connectivity index (χ2v) is 6.02. The van der Waals surface area contributed by atoms with Crippen LogP contribution in [-0.4, -0.2) is 55.4 Å². The molecule has 0 saturated carbocycles. The number of carbonyl (C=O) groups excluding carboxylic acids is 1. The Morgan fingerprint density at radius 2 is 2.08 bits per heavy atom. The van der Waals surface area contributed by atoms with E-state index in [2.05, 4.69) is 5.32 Å². The number of carboxylic acid groups (broad SMARTS) is 1. The topological polar surface area (TPSA) is 88.1 Å². The fourth-order valence-electron chi connectivity index (χ4n) is 2.55. The van der Waals surface area contributed by atoms with Crippen molar-refractivity contribution in [3.8, 4) is 11.5 Å². The van der Waals surface area contributed by atoms with E-state index >= 15 is 0 Å². The molecule has 2 rings (SSSR count). The summed E-state index contributed by atoms with van der Waals surface area (Å²) in [4.78, 5) is 24.5. The van der Waals surface area contributed by atoms with Crippen LogP contribution >= 0.6 is 0 Å². The van der Waals surface area contributed by atoms with Gasteiger partial charge < -0.3 is 24.8 Å². The predicted octanol–water partition coefficient (Wildman–Crippen LogP) is 1.83.